The molecule has 1 aromatic heterocycles. The van der Waals surface area contributed by atoms with E-state index in [2.05, 4.69) is 22.3 Å². The summed E-state index contributed by atoms with van der Waals surface area (Å²) in [6.07, 6.45) is 0. The highest BCUT2D eigenvalue weighted by Gasteiger charge is 2.35. The third kappa shape index (κ3) is 4.05. The van der Waals surface area contributed by atoms with Crippen LogP contribution in [0.25, 0.3) is 0 Å². The number of fused-ring (bicyclic) bond motifs is 1. The van der Waals surface area contributed by atoms with Gasteiger partial charge in [0.05, 0.1) is 5.57 Å². The third-order valence-corrected chi connectivity index (χ3v) is 5.37. The van der Waals surface area contributed by atoms with Gasteiger partial charge < -0.3 is 10.1 Å². The van der Waals surface area contributed by atoms with Crippen molar-refractivity contribution in [3.05, 3.63) is 83.1 Å². The van der Waals surface area contributed by atoms with Crippen LogP contribution in [0.3, 0.4) is 0 Å². The summed E-state index contributed by atoms with van der Waals surface area (Å²) in [5.74, 6) is 1.14. The number of benzene rings is 2. The Morgan fingerprint density at radius 3 is 2.52 bits per heavy atom. The molecule has 6 nitrogen and oxygen atoms in total. The van der Waals surface area contributed by atoms with Gasteiger partial charge in [0.2, 0.25) is 11.1 Å². The Bertz CT molecular complexity index is 1030. The number of hydrogen-bond acceptors (Lipinski definition) is 6. The van der Waals surface area contributed by atoms with E-state index < -0.39 is 6.04 Å². The molecule has 3 aromatic rings. The van der Waals surface area contributed by atoms with Crippen LogP contribution < -0.4 is 5.32 Å². The van der Waals surface area contributed by atoms with Crippen molar-refractivity contribution in [3.8, 4) is 0 Å². The van der Waals surface area contributed by atoms with Crippen LogP contribution in [0.5, 0.6) is 0 Å². The predicted molar refractivity (Wildman–Crippen MR) is 114 cm³/mol. The van der Waals surface area contributed by atoms with Crippen molar-refractivity contribution in [1.82, 2.24) is 14.8 Å². The average Bonchev–Trinajstić information content (AvgIpc) is 3.14. The fourth-order valence-electron chi connectivity index (χ4n) is 3.33. The number of nitrogens with one attached hydrogen (secondary N) is 1. The van der Waals surface area contributed by atoms with Crippen LogP contribution in [-0.4, -0.2) is 26.5 Å². The minimum absolute atomic E-state index is 0.221. The molecule has 0 bridgehead atoms. The van der Waals surface area contributed by atoms with Gasteiger partial charge in [0.15, 0.2) is 0 Å². The van der Waals surface area contributed by atoms with E-state index in [0.29, 0.717) is 16.7 Å². The van der Waals surface area contributed by atoms with E-state index >= 15 is 0 Å². The second kappa shape index (κ2) is 8.53. The summed E-state index contributed by atoms with van der Waals surface area (Å²) in [6.45, 7) is 4.15. The molecule has 4 rings (SSSR count). The zero-order valence-electron chi connectivity index (χ0n) is 16.3. The van der Waals surface area contributed by atoms with Gasteiger partial charge in [-0.1, -0.05) is 79.3 Å². The monoisotopic (exact) mass is 406 g/mol. The lowest BCUT2D eigenvalue weighted by atomic mass is 9.96. The van der Waals surface area contributed by atoms with Crippen LogP contribution in [0.1, 0.15) is 31.0 Å². The van der Waals surface area contributed by atoms with Crippen LogP contribution >= 0.6 is 11.8 Å². The van der Waals surface area contributed by atoms with Crippen molar-refractivity contribution < 1.29 is 9.53 Å². The second-order valence-corrected chi connectivity index (χ2v) is 7.87. The van der Waals surface area contributed by atoms with Gasteiger partial charge in [-0.15, -0.1) is 5.10 Å². The van der Waals surface area contributed by atoms with Crippen molar-refractivity contribution in [2.24, 2.45) is 0 Å². The molecule has 1 aliphatic heterocycles. The normalized spacial score (nSPS) is 15.6. The van der Waals surface area contributed by atoms with Crippen LogP contribution in [0.15, 0.2) is 77.1 Å². The van der Waals surface area contributed by atoms with Crippen molar-refractivity contribution in [2.45, 2.75) is 31.7 Å². The van der Waals surface area contributed by atoms with E-state index in [9.17, 15) is 4.79 Å². The molecule has 2 heterocycles. The smallest absolute Gasteiger partial charge is 0.338 e. The van der Waals surface area contributed by atoms with Gasteiger partial charge in [-0.2, -0.15) is 4.98 Å². The number of allylic oxidation sites excluding steroid dienone is 1. The van der Waals surface area contributed by atoms with Crippen LogP contribution in [0, 0.1) is 0 Å². The number of rotatable bonds is 6. The highest BCUT2D eigenvalue weighted by Crippen LogP contribution is 2.36. The van der Waals surface area contributed by atoms with E-state index in [1.54, 1.807) is 16.4 Å². The third-order valence-electron chi connectivity index (χ3n) is 4.65. The molecule has 1 N–H and O–H groups in total. The van der Waals surface area contributed by atoms with Gasteiger partial charge in [0.1, 0.15) is 12.6 Å². The molecule has 1 atom stereocenters. The lowest BCUT2D eigenvalue weighted by Gasteiger charge is -2.28. The molecule has 0 spiro atoms. The summed E-state index contributed by atoms with van der Waals surface area (Å²) in [4.78, 5) is 17.7. The molecule has 0 aliphatic carbocycles. The summed E-state index contributed by atoms with van der Waals surface area (Å²) in [7, 11) is 0. The molecule has 1 aliphatic rings. The Balaban J connectivity index is 1.69. The quantitative estimate of drug-likeness (QED) is 0.483. The van der Waals surface area contributed by atoms with E-state index in [0.717, 1.165) is 22.6 Å². The van der Waals surface area contributed by atoms with Gasteiger partial charge in [-0.3, -0.25) is 0 Å². The van der Waals surface area contributed by atoms with Crippen molar-refractivity contribution >= 4 is 23.7 Å². The maximum absolute atomic E-state index is 13.1. The summed E-state index contributed by atoms with van der Waals surface area (Å²) in [6, 6.07) is 19.1. The molecule has 2 aromatic carbocycles. The highest BCUT2D eigenvalue weighted by atomic mass is 32.2. The molecule has 29 heavy (non-hydrogen) atoms. The minimum Gasteiger partial charge on any atom is -0.457 e. The van der Waals surface area contributed by atoms with Gasteiger partial charge in [0, 0.05) is 5.70 Å². The second-order valence-electron chi connectivity index (χ2n) is 6.63. The molecular weight excluding hydrogens is 384 g/mol. The first-order valence-corrected chi connectivity index (χ1v) is 10.5. The number of anilines is 1. The van der Waals surface area contributed by atoms with Crippen LogP contribution in [0.2, 0.25) is 0 Å². The first kappa shape index (κ1) is 19.3. The number of carbonyl (C=O) groups is 1. The van der Waals surface area contributed by atoms with Crippen LogP contribution in [0.4, 0.5) is 5.95 Å². The molecule has 148 valence electrons. The van der Waals surface area contributed by atoms with Crippen molar-refractivity contribution in [1.29, 1.82) is 0 Å². The number of thioether (sulfide) groups is 1. The number of ether oxygens (including phenoxy) is 1. The Kier molecular flexibility index (Phi) is 5.67. The van der Waals surface area contributed by atoms with Crippen LogP contribution in [-0.2, 0) is 16.1 Å². The number of carbonyl (C=O) groups excluding carboxylic acids is 1. The lowest BCUT2D eigenvalue weighted by Crippen LogP contribution is -2.29. The Morgan fingerprint density at radius 1 is 1.14 bits per heavy atom. The molecule has 0 saturated carbocycles. The SMILES string of the molecule is CCSc1nc2n(n1)C(c1ccccc1)C(C(=O)OCc1ccccc1)=C(C)N2. The fraction of sp³-hybridized carbons (Fsp3) is 0.227. The molecule has 0 fully saturated rings. The minimum atomic E-state index is -0.394. The number of hydrogen-bond donors (Lipinski definition) is 1. The topological polar surface area (TPSA) is 69.0 Å². The predicted octanol–water partition coefficient (Wildman–Crippen LogP) is 4.42. The molecule has 1 unspecified atom stereocenters. The summed E-state index contributed by atoms with van der Waals surface area (Å²) >= 11 is 1.57. The van der Waals surface area contributed by atoms with E-state index in [1.807, 2.05) is 67.6 Å². The van der Waals surface area contributed by atoms with E-state index in [-0.39, 0.29) is 12.6 Å². The zero-order valence-corrected chi connectivity index (χ0v) is 17.1. The summed E-state index contributed by atoms with van der Waals surface area (Å²) in [5.41, 5.74) is 3.17. The largest absolute Gasteiger partial charge is 0.457 e. The highest BCUT2D eigenvalue weighted by molar-refractivity contribution is 7.99. The van der Waals surface area contributed by atoms with Gasteiger partial charge in [-0.25, -0.2) is 9.48 Å². The first-order chi connectivity index (χ1) is 14.2. The molecule has 7 heteroatoms. The fourth-order valence-corrected chi connectivity index (χ4v) is 3.89. The summed E-state index contributed by atoms with van der Waals surface area (Å²) in [5, 5.41) is 8.55. The maximum Gasteiger partial charge on any atom is 0.338 e. The molecule has 0 saturated heterocycles. The van der Waals surface area contributed by atoms with Gasteiger partial charge >= 0.3 is 5.97 Å². The molecular formula is C22H22N4O2S. The Morgan fingerprint density at radius 2 is 1.83 bits per heavy atom. The van der Waals surface area contributed by atoms with Crippen molar-refractivity contribution in [3.63, 3.8) is 0 Å². The number of esters is 1. The Labute approximate surface area is 174 Å². The average molecular weight is 407 g/mol. The Hall–Kier alpha value is -3.06. The van der Waals surface area contributed by atoms with Gasteiger partial charge in [-0.05, 0) is 23.8 Å². The standard InChI is InChI=1S/C22H22N4O2S/c1-3-29-22-24-21-23-15(2)18(20(27)28-14-16-10-6-4-7-11-16)19(26(21)25-22)17-12-8-5-9-13-17/h4-13,19H,3,14H2,1-2H3,(H,23,24,25). The summed E-state index contributed by atoms with van der Waals surface area (Å²) < 4.78 is 7.43. The lowest BCUT2D eigenvalue weighted by molar-refractivity contribution is -0.140. The van der Waals surface area contributed by atoms with E-state index in [4.69, 9.17) is 4.74 Å². The molecule has 0 amide bonds. The zero-order chi connectivity index (χ0) is 20.2. The first-order valence-electron chi connectivity index (χ1n) is 9.50. The van der Waals surface area contributed by atoms with E-state index in [1.165, 1.54) is 0 Å². The maximum atomic E-state index is 13.1. The van der Waals surface area contributed by atoms with Crippen molar-refractivity contribution in [2.75, 3.05) is 11.1 Å². The molecule has 0 radical (unpaired) electrons. The number of aromatic nitrogens is 3. The van der Waals surface area contributed by atoms with Gasteiger partial charge in [0.25, 0.3) is 0 Å². The number of nitrogens with zero attached hydrogens (tertiary/aromatic N) is 3.